The number of nitrogens with zero attached hydrogens (tertiary/aromatic N) is 2. The Morgan fingerprint density at radius 2 is 1.96 bits per heavy atom. The van der Waals surface area contributed by atoms with Crippen molar-refractivity contribution < 1.29 is 0 Å². The highest BCUT2D eigenvalue weighted by Crippen LogP contribution is 2.55. The summed E-state index contributed by atoms with van der Waals surface area (Å²) in [4.78, 5) is 4.45. The van der Waals surface area contributed by atoms with E-state index in [0.29, 0.717) is 10.7 Å². The molecule has 27 heavy (non-hydrogen) atoms. The van der Waals surface area contributed by atoms with Gasteiger partial charge in [0.15, 0.2) is 15.4 Å². The lowest BCUT2D eigenvalue weighted by Crippen LogP contribution is -2.61. The fraction of sp³-hybridized carbons (Fsp3) is 0.789. The smallest absolute Gasteiger partial charge is 0.169 e. The van der Waals surface area contributed by atoms with Crippen LogP contribution in [0.3, 0.4) is 0 Å². The van der Waals surface area contributed by atoms with Crippen LogP contribution in [-0.4, -0.2) is 38.3 Å². The quantitative estimate of drug-likeness (QED) is 0.505. The summed E-state index contributed by atoms with van der Waals surface area (Å²) in [7, 11) is 0. The summed E-state index contributed by atoms with van der Waals surface area (Å²) in [6.07, 6.45) is 8.40. The maximum Gasteiger partial charge on any atom is 0.169 e. The van der Waals surface area contributed by atoms with Gasteiger partial charge in [0.25, 0.3) is 0 Å². The highest BCUT2D eigenvalue weighted by molar-refractivity contribution is 7.99. The molecule has 8 heteroatoms. The van der Waals surface area contributed by atoms with Crippen molar-refractivity contribution in [1.82, 2.24) is 20.2 Å². The van der Waals surface area contributed by atoms with Crippen LogP contribution in [0.5, 0.6) is 0 Å². The number of fused-ring (bicyclic) bond motifs is 1. The van der Waals surface area contributed by atoms with E-state index in [4.69, 9.17) is 23.8 Å². The predicted octanol–water partition coefficient (Wildman–Crippen LogP) is 4.31. The molecule has 4 fully saturated rings. The minimum absolute atomic E-state index is 0.301. The van der Waals surface area contributed by atoms with E-state index >= 15 is 0 Å². The third-order valence-corrected chi connectivity index (χ3v) is 9.20. The average molecular weight is 443 g/mol. The Labute approximate surface area is 180 Å². The van der Waals surface area contributed by atoms with Gasteiger partial charge in [-0.2, -0.15) is 11.8 Å². The lowest BCUT2D eigenvalue weighted by atomic mass is 9.53. The van der Waals surface area contributed by atoms with Gasteiger partial charge in [-0.3, -0.25) is 0 Å². The Morgan fingerprint density at radius 1 is 1.26 bits per heavy atom. The van der Waals surface area contributed by atoms with E-state index in [1.54, 1.807) is 11.8 Å². The highest BCUT2D eigenvalue weighted by atomic mass is 35.5. The number of nitrogens with one attached hydrogen (secondary N) is 2. The summed E-state index contributed by atoms with van der Waals surface area (Å²) in [5.41, 5.74) is 1.48. The largest absolute Gasteiger partial charge is 0.362 e. The van der Waals surface area contributed by atoms with Crippen LogP contribution in [0, 0.1) is 17.8 Å². The maximum absolute atomic E-state index is 6.29. The van der Waals surface area contributed by atoms with E-state index in [9.17, 15) is 0 Å². The summed E-state index contributed by atoms with van der Waals surface area (Å²) in [6.45, 7) is 1.93. The molecule has 4 bridgehead atoms. The van der Waals surface area contributed by atoms with E-state index < -0.39 is 0 Å². The molecule has 0 unspecified atom stereocenters. The maximum atomic E-state index is 6.29. The van der Waals surface area contributed by atoms with Crippen molar-refractivity contribution in [2.75, 3.05) is 18.1 Å². The highest BCUT2D eigenvalue weighted by Gasteiger charge is 2.51. The molecule has 0 radical (unpaired) electrons. The first-order valence-corrected chi connectivity index (χ1v) is 13.0. The van der Waals surface area contributed by atoms with Gasteiger partial charge in [-0.25, -0.2) is 4.98 Å². The third kappa shape index (κ3) is 3.86. The van der Waals surface area contributed by atoms with Crippen LogP contribution in [-0.2, 0) is 12.3 Å². The van der Waals surface area contributed by atoms with Crippen LogP contribution in [0.25, 0.3) is 0 Å². The molecule has 2 N–H and O–H groups in total. The number of rotatable bonds is 6. The topological polar surface area (TPSA) is 41.9 Å². The second-order valence-corrected chi connectivity index (χ2v) is 11.7. The van der Waals surface area contributed by atoms with Crippen LogP contribution < -0.4 is 10.6 Å². The van der Waals surface area contributed by atoms with Crippen molar-refractivity contribution in [3.8, 4) is 0 Å². The molecule has 1 aliphatic heterocycles. The molecular formula is C19H27ClN4S3. The summed E-state index contributed by atoms with van der Waals surface area (Å²) in [5, 5.41) is 9.80. The van der Waals surface area contributed by atoms with Crippen molar-refractivity contribution >= 4 is 52.5 Å². The molecule has 148 valence electrons. The predicted molar refractivity (Wildman–Crippen MR) is 119 cm³/mol. The van der Waals surface area contributed by atoms with E-state index in [0.717, 1.165) is 58.4 Å². The van der Waals surface area contributed by atoms with Crippen molar-refractivity contribution in [2.24, 2.45) is 17.8 Å². The van der Waals surface area contributed by atoms with Crippen LogP contribution in [0.2, 0.25) is 5.15 Å². The number of halogens is 1. The number of hydrogen-bond acceptors (Lipinski definition) is 4. The minimum atomic E-state index is 0.301. The standard InChI is InChI=1S/C19H27ClN4S3/c20-16-15(24-2-4-27-18(24)22-16)11-26-3-1-21-17(25)23-19-8-12-5-13(9-19)7-14(6-12)10-19/h12-14H,1-11H2,(H2,21,23,25). The molecule has 0 saturated heterocycles. The molecule has 0 atom stereocenters. The second-order valence-electron chi connectivity index (χ2n) is 8.76. The van der Waals surface area contributed by atoms with Gasteiger partial charge >= 0.3 is 0 Å². The van der Waals surface area contributed by atoms with E-state index in [2.05, 4.69) is 20.2 Å². The van der Waals surface area contributed by atoms with Crippen molar-refractivity contribution in [3.05, 3.63) is 10.8 Å². The summed E-state index contributed by atoms with van der Waals surface area (Å²) in [5.74, 6) is 5.89. The Morgan fingerprint density at radius 3 is 2.67 bits per heavy atom. The molecular weight excluding hydrogens is 416 g/mol. The van der Waals surface area contributed by atoms with Gasteiger partial charge in [0.05, 0.1) is 5.69 Å². The molecule has 0 aromatic carbocycles. The van der Waals surface area contributed by atoms with Gasteiger partial charge in [0.2, 0.25) is 0 Å². The fourth-order valence-corrected chi connectivity index (χ4v) is 8.64. The Bertz CT molecular complexity index is 699. The first-order valence-electron chi connectivity index (χ1n) is 10.1. The van der Waals surface area contributed by atoms with Crippen LogP contribution >= 0.6 is 47.3 Å². The van der Waals surface area contributed by atoms with E-state index in [-0.39, 0.29) is 0 Å². The third-order valence-electron chi connectivity index (χ3n) is 6.72. The Hall–Kier alpha value is -0.110. The molecule has 5 aliphatic rings. The number of imidazole rings is 1. The molecule has 4 nitrogen and oxygen atoms in total. The first kappa shape index (κ1) is 18.9. The number of aromatic nitrogens is 2. The zero-order valence-corrected chi connectivity index (χ0v) is 18.7. The summed E-state index contributed by atoms with van der Waals surface area (Å²) < 4.78 is 2.27. The monoisotopic (exact) mass is 442 g/mol. The SMILES string of the molecule is S=C(NCCSCc1c(Cl)nc2n1CCS2)NC12CC3CC(CC(C3)C1)C2. The molecule has 1 aromatic heterocycles. The van der Waals surface area contributed by atoms with Gasteiger partial charge in [0, 0.05) is 35.9 Å². The molecule has 6 rings (SSSR count). The molecule has 0 spiro atoms. The Kier molecular flexibility index (Phi) is 5.33. The normalized spacial score (nSPS) is 33.3. The van der Waals surface area contributed by atoms with Crippen molar-refractivity contribution in [1.29, 1.82) is 0 Å². The number of thioether (sulfide) groups is 2. The lowest BCUT2D eigenvalue weighted by molar-refractivity contribution is -0.0101. The van der Waals surface area contributed by atoms with E-state index in [1.165, 1.54) is 44.2 Å². The zero-order chi connectivity index (χ0) is 18.4. The van der Waals surface area contributed by atoms with Crippen LogP contribution in [0.1, 0.15) is 44.2 Å². The molecule has 4 saturated carbocycles. The fourth-order valence-electron chi connectivity index (χ4n) is 6.10. The number of hydrogen-bond donors (Lipinski definition) is 2. The molecule has 1 aromatic rings. The summed E-state index contributed by atoms with van der Waals surface area (Å²) in [6, 6.07) is 0. The van der Waals surface area contributed by atoms with Gasteiger partial charge in [-0.15, -0.1) is 0 Å². The van der Waals surface area contributed by atoms with Gasteiger partial charge in [-0.05, 0) is 68.5 Å². The molecule has 2 heterocycles. The second kappa shape index (κ2) is 7.62. The lowest BCUT2D eigenvalue weighted by Gasteiger charge is -2.57. The van der Waals surface area contributed by atoms with Gasteiger partial charge in [-0.1, -0.05) is 23.4 Å². The first-order chi connectivity index (χ1) is 13.1. The van der Waals surface area contributed by atoms with Crippen molar-refractivity contribution in [3.63, 3.8) is 0 Å². The van der Waals surface area contributed by atoms with Gasteiger partial charge in [0.1, 0.15) is 0 Å². The molecule has 0 amide bonds. The average Bonchev–Trinajstić information content (AvgIpc) is 3.14. The minimum Gasteiger partial charge on any atom is -0.362 e. The van der Waals surface area contributed by atoms with Gasteiger partial charge < -0.3 is 15.2 Å². The Balaban J connectivity index is 1.06. The zero-order valence-electron chi connectivity index (χ0n) is 15.5. The van der Waals surface area contributed by atoms with E-state index in [1.807, 2.05) is 11.8 Å². The summed E-state index contributed by atoms with van der Waals surface area (Å²) >= 11 is 15.6. The van der Waals surface area contributed by atoms with Crippen molar-refractivity contribution in [2.45, 2.75) is 61.5 Å². The van der Waals surface area contributed by atoms with Crippen LogP contribution in [0.15, 0.2) is 5.16 Å². The molecule has 4 aliphatic carbocycles. The number of thiocarbonyl (C=S) groups is 1. The van der Waals surface area contributed by atoms with Crippen LogP contribution in [0.4, 0.5) is 0 Å².